The summed E-state index contributed by atoms with van der Waals surface area (Å²) in [6, 6.07) is 0. The van der Waals surface area contributed by atoms with Gasteiger partial charge < -0.3 is 15.3 Å². The van der Waals surface area contributed by atoms with Gasteiger partial charge >= 0.3 is 5.97 Å². The monoisotopic (exact) mass is 340 g/mol. The first-order valence-electron chi connectivity index (χ1n) is 9.47. The van der Waals surface area contributed by atoms with E-state index in [4.69, 9.17) is 10.2 Å². The zero-order chi connectivity index (χ0) is 17.9. The lowest BCUT2D eigenvalue weighted by atomic mass is 10.1. The maximum atomic E-state index is 10.4. The number of hydrogen-bond donors (Lipinski definition) is 3. The molecule has 0 aliphatic heterocycles. The van der Waals surface area contributed by atoms with E-state index in [1.54, 1.807) is 0 Å². The quantitative estimate of drug-likeness (QED) is 0.267. The summed E-state index contributed by atoms with van der Waals surface area (Å²) in [5.41, 5.74) is 0. The first-order valence-corrected chi connectivity index (χ1v) is 9.47. The van der Waals surface area contributed by atoms with Crippen LogP contribution >= 0.6 is 0 Å². The molecule has 0 aromatic heterocycles. The van der Waals surface area contributed by atoms with Gasteiger partial charge in [-0.05, 0) is 44.9 Å². The topological polar surface area (TPSA) is 77.8 Å². The van der Waals surface area contributed by atoms with Gasteiger partial charge in [0, 0.05) is 6.42 Å². The van der Waals surface area contributed by atoms with Crippen molar-refractivity contribution in [3.63, 3.8) is 0 Å². The van der Waals surface area contributed by atoms with Gasteiger partial charge in [0.25, 0.3) is 0 Å². The molecule has 0 radical (unpaired) electrons. The first kappa shape index (κ1) is 22.9. The minimum absolute atomic E-state index is 0.128. The van der Waals surface area contributed by atoms with Crippen molar-refractivity contribution in [1.29, 1.82) is 0 Å². The summed E-state index contributed by atoms with van der Waals surface area (Å²) in [4.78, 5) is 10.4. The second-order valence-corrected chi connectivity index (χ2v) is 6.35. The number of unbranched alkanes of at least 4 members (excludes halogenated alkanes) is 8. The third-order valence-corrected chi connectivity index (χ3v) is 3.99. The number of carboxylic acids is 1. The van der Waals surface area contributed by atoms with Crippen molar-refractivity contribution in [3.8, 4) is 0 Å². The smallest absolute Gasteiger partial charge is 0.303 e. The first-order chi connectivity index (χ1) is 11.7. The largest absolute Gasteiger partial charge is 0.481 e. The molecule has 0 aromatic rings. The molecule has 0 spiro atoms. The predicted octanol–water partition coefficient (Wildman–Crippen LogP) is 4.61. The zero-order valence-corrected chi connectivity index (χ0v) is 15.0. The molecule has 0 heterocycles. The van der Waals surface area contributed by atoms with E-state index in [2.05, 4.69) is 24.3 Å². The Balaban J connectivity index is 3.24. The van der Waals surface area contributed by atoms with Crippen LogP contribution in [0.1, 0.15) is 83.5 Å². The fourth-order valence-corrected chi connectivity index (χ4v) is 2.49. The number of aliphatic carboxylic acids is 1. The summed E-state index contributed by atoms with van der Waals surface area (Å²) in [5.74, 6) is -0.688. The zero-order valence-electron chi connectivity index (χ0n) is 15.0. The number of allylic oxidation sites excluding steroid dienone is 4. The molecule has 0 bridgehead atoms. The van der Waals surface area contributed by atoms with Crippen molar-refractivity contribution >= 4 is 5.97 Å². The van der Waals surface area contributed by atoms with E-state index in [0.717, 1.165) is 57.8 Å². The molecule has 0 aromatic carbocycles. The fourth-order valence-electron chi connectivity index (χ4n) is 2.49. The Morgan fingerprint density at radius 3 is 1.92 bits per heavy atom. The van der Waals surface area contributed by atoms with E-state index < -0.39 is 12.1 Å². The minimum atomic E-state index is -0.688. The van der Waals surface area contributed by atoms with Crippen LogP contribution in [0, 0.1) is 0 Å². The Labute approximate surface area is 147 Å². The lowest BCUT2D eigenvalue weighted by molar-refractivity contribution is -0.137. The summed E-state index contributed by atoms with van der Waals surface area (Å²) < 4.78 is 0. The highest BCUT2D eigenvalue weighted by Gasteiger charge is 1.99. The van der Waals surface area contributed by atoms with Crippen LogP contribution in [0.3, 0.4) is 0 Å². The summed E-state index contributed by atoms with van der Waals surface area (Å²) in [5, 5.41) is 26.4. The molecule has 0 saturated carbocycles. The van der Waals surface area contributed by atoms with Gasteiger partial charge in [0.2, 0.25) is 0 Å². The van der Waals surface area contributed by atoms with Gasteiger partial charge in [0.1, 0.15) is 0 Å². The fraction of sp³-hybridized carbons (Fsp3) is 0.750. The van der Waals surface area contributed by atoms with Crippen molar-refractivity contribution in [1.82, 2.24) is 0 Å². The molecule has 0 saturated heterocycles. The van der Waals surface area contributed by atoms with Gasteiger partial charge in [-0.1, -0.05) is 56.4 Å². The van der Waals surface area contributed by atoms with Crippen LogP contribution in [0.2, 0.25) is 0 Å². The molecule has 140 valence electrons. The number of carbonyl (C=O) groups is 1. The van der Waals surface area contributed by atoms with Gasteiger partial charge in [0.05, 0.1) is 12.7 Å². The summed E-state index contributed by atoms with van der Waals surface area (Å²) in [6.07, 6.45) is 21.0. The van der Waals surface area contributed by atoms with Gasteiger partial charge in [0.15, 0.2) is 0 Å². The Bertz CT molecular complexity index is 337. The van der Waals surface area contributed by atoms with Crippen LogP contribution in [-0.2, 0) is 4.79 Å². The molecular weight excluding hydrogens is 304 g/mol. The van der Waals surface area contributed by atoms with Crippen molar-refractivity contribution in [2.24, 2.45) is 0 Å². The van der Waals surface area contributed by atoms with Crippen LogP contribution < -0.4 is 0 Å². The molecule has 24 heavy (non-hydrogen) atoms. The number of rotatable bonds is 17. The summed E-state index contributed by atoms with van der Waals surface area (Å²) >= 11 is 0. The molecule has 0 aliphatic carbocycles. The molecule has 1 atom stereocenters. The second kappa shape index (κ2) is 18.2. The third-order valence-electron chi connectivity index (χ3n) is 3.99. The van der Waals surface area contributed by atoms with Crippen LogP contribution in [0.5, 0.6) is 0 Å². The molecule has 1 unspecified atom stereocenters. The highest BCUT2D eigenvalue weighted by atomic mass is 16.4. The van der Waals surface area contributed by atoms with Crippen LogP contribution in [-0.4, -0.2) is 34.0 Å². The third kappa shape index (κ3) is 18.9. The molecule has 3 N–H and O–H groups in total. The summed E-state index contributed by atoms with van der Waals surface area (Å²) in [7, 11) is 0. The molecular formula is C20H36O4. The lowest BCUT2D eigenvalue weighted by Gasteiger charge is -2.05. The normalized spacial score (nSPS) is 13.1. The van der Waals surface area contributed by atoms with Gasteiger partial charge in [-0.25, -0.2) is 0 Å². The molecule has 0 aliphatic rings. The highest BCUT2D eigenvalue weighted by Crippen LogP contribution is 2.08. The van der Waals surface area contributed by atoms with Crippen molar-refractivity contribution in [3.05, 3.63) is 24.3 Å². The minimum Gasteiger partial charge on any atom is -0.481 e. The van der Waals surface area contributed by atoms with Crippen LogP contribution in [0.25, 0.3) is 0 Å². The highest BCUT2D eigenvalue weighted by molar-refractivity contribution is 5.66. The Morgan fingerprint density at radius 2 is 1.33 bits per heavy atom. The second-order valence-electron chi connectivity index (χ2n) is 6.35. The molecule has 0 amide bonds. The number of aliphatic hydroxyl groups is 2. The number of hydrogen-bond acceptors (Lipinski definition) is 3. The number of aliphatic hydroxyl groups excluding tert-OH is 2. The van der Waals surface area contributed by atoms with Crippen molar-refractivity contribution < 1.29 is 20.1 Å². The van der Waals surface area contributed by atoms with E-state index in [1.807, 2.05) is 0 Å². The van der Waals surface area contributed by atoms with E-state index in [-0.39, 0.29) is 6.61 Å². The van der Waals surface area contributed by atoms with Crippen LogP contribution in [0.4, 0.5) is 0 Å². The van der Waals surface area contributed by atoms with E-state index in [1.165, 1.54) is 12.8 Å². The van der Waals surface area contributed by atoms with E-state index in [9.17, 15) is 9.90 Å². The molecule has 4 heteroatoms. The predicted molar refractivity (Wildman–Crippen MR) is 99.0 cm³/mol. The lowest BCUT2D eigenvalue weighted by Crippen LogP contribution is -2.10. The molecule has 4 nitrogen and oxygen atoms in total. The maximum absolute atomic E-state index is 10.4. The standard InChI is InChI=1S/C20H36O4/c21-18-19(22)16-14-12-10-8-6-4-2-1-3-5-7-9-11-13-15-17-20(23)24/h1,3-4,6,19,21-22H,2,5,7-18H2,(H,23,24)/b3-1-,6-4-. The van der Waals surface area contributed by atoms with Crippen molar-refractivity contribution in [2.45, 2.75) is 89.6 Å². The van der Waals surface area contributed by atoms with Gasteiger partial charge in [-0.3, -0.25) is 4.79 Å². The number of carboxylic acid groups (broad SMARTS) is 1. The van der Waals surface area contributed by atoms with Gasteiger partial charge in [-0.15, -0.1) is 0 Å². The van der Waals surface area contributed by atoms with E-state index in [0.29, 0.717) is 12.8 Å². The molecule has 0 rings (SSSR count). The average molecular weight is 341 g/mol. The molecule has 0 fully saturated rings. The van der Waals surface area contributed by atoms with Crippen LogP contribution in [0.15, 0.2) is 24.3 Å². The van der Waals surface area contributed by atoms with E-state index >= 15 is 0 Å². The average Bonchev–Trinajstić information content (AvgIpc) is 2.57. The summed E-state index contributed by atoms with van der Waals surface area (Å²) in [6.45, 7) is -0.128. The maximum Gasteiger partial charge on any atom is 0.303 e. The van der Waals surface area contributed by atoms with Crippen molar-refractivity contribution in [2.75, 3.05) is 6.61 Å². The Hall–Kier alpha value is -1.13. The Kier molecular flexibility index (Phi) is 17.4. The SMILES string of the molecule is O=C(O)CCCCCCC/C=C\C/C=C\CCCCCC(O)CO. The Morgan fingerprint density at radius 1 is 0.792 bits per heavy atom. The van der Waals surface area contributed by atoms with Gasteiger partial charge in [-0.2, -0.15) is 0 Å².